The summed E-state index contributed by atoms with van der Waals surface area (Å²) < 4.78 is 1.79. The average Bonchev–Trinajstić information content (AvgIpc) is 3.70. The zero-order chi connectivity index (χ0) is 29.3. The largest absolute Gasteiger partial charge is 0.507 e. The molecule has 0 fully saturated rings. The summed E-state index contributed by atoms with van der Waals surface area (Å²) in [7, 11) is 0. The Balaban J connectivity index is 0.000000192. The van der Waals surface area contributed by atoms with Crippen LogP contribution in [0, 0.1) is 0 Å². The number of nitrogens with zero attached hydrogens (tertiary/aromatic N) is 4. The fourth-order valence-corrected chi connectivity index (χ4v) is 5.74. The third kappa shape index (κ3) is 9.27. The predicted molar refractivity (Wildman–Crippen MR) is 181 cm³/mol. The van der Waals surface area contributed by atoms with Crippen molar-refractivity contribution in [3.63, 3.8) is 0 Å². The number of benzene rings is 4. The molecule has 2 aromatic heterocycles. The van der Waals surface area contributed by atoms with Gasteiger partial charge in [-0.3, -0.25) is 0 Å². The van der Waals surface area contributed by atoms with Crippen molar-refractivity contribution in [1.29, 1.82) is 0 Å². The number of hydrogen-bond acceptors (Lipinski definition) is 8. The Kier molecular flexibility index (Phi) is 12.0. The quantitative estimate of drug-likeness (QED) is 0.130. The fourth-order valence-electron chi connectivity index (χ4n) is 3.64. The van der Waals surface area contributed by atoms with Crippen LogP contribution in [0.25, 0.3) is 22.5 Å². The van der Waals surface area contributed by atoms with E-state index in [0.29, 0.717) is 21.4 Å². The number of hydrogen-bond donors (Lipinski definition) is 2. The molecule has 2 heterocycles. The van der Waals surface area contributed by atoms with Crippen LogP contribution in [0.2, 0.25) is 0 Å². The first-order chi connectivity index (χ1) is 20.4. The van der Waals surface area contributed by atoms with Crippen molar-refractivity contribution in [3.8, 4) is 34.0 Å². The molecule has 1 radical (unpaired) electrons. The molecule has 219 valence electrons. The number of rotatable bonds is 6. The molecule has 0 unspecified atom stereocenters. The summed E-state index contributed by atoms with van der Waals surface area (Å²) >= 11 is 9.69. The maximum atomic E-state index is 9.77. The van der Waals surface area contributed by atoms with E-state index in [4.69, 9.17) is 0 Å². The van der Waals surface area contributed by atoms with Gasteiger partial charge in [-0.25, -0.2) is 20.0 Å². The normalized spacial score (nSPS) is 10.8. The van der Waals surface area contributed by atoms with E-state index in [1.807, 2.05) is 83.6 Å². The van der Waals surface area contributed by atoms with Crippen LogP contribution >= 0.6 is 54.5 Å². The van der Waals surface area contributed by atoms with Crippen LogP contribution < -0.4 is 0 Å². The van der Waals surface area contributed by atoms with Crippen LogP contribution in [-0.4, -0.2) is 32.6 Å². The molecule has 6 aromatic rings. The van der Waals surface area contributed by atoms with Gasteiger partial charge in [-0.05, 0) is 36.4 Å². The van der Waals surface area contributed by atoms with Gasteiger partial charge in [0.2, 0.25) is 10.3 Å². The van der Waals surface area contributed by atoms with E-state index in [0.717, 1.165) is 31.5 Å². The van der Waals surface area contributed by atoms with Crippen molar-refractivity contribution in [2.75, 3.05) is 0 Å². The van der Waals surface area contributed by atoms with Crippen LogP contribution in [-0.2, 0) is 17.1 Å². The molecule has 0 saturated heterocycles. The molecule has 0 amide bonds. The van der Waals surface area contributed by atoms with Gasteiger partial charge in [-0.15, -0.1) is 22.7 Å². The standard InChI is InChI=1S/2C16H11BrN2OS.Cu/c2*17-13-6-7-15(20)12(8-13)9-18-16-19-14(10-21-16)11-4-2-1-3-5-11;/h2*1-10,20H;/b2*18-9+;. The minimum Gasteiger partial charge on any atom is -0.507 e. The Morgan fingerprint density at radius 2 is 0.977 bits per heavy atom. The van der Waals surface area contributed by atoms with Gasteiger partial charge in [0.15, 0.2) is 0 Å². The van der Waals surface area contributed by atoms with E-state index >= 15 is 0 Å². The Morgan fingerprint density at radius 3 is 1.37 bits per heavy atom. The summed E-state index contributed by atoms with van der Waals surface area (Å²) in [6, 6.07) is 30.4. The van der Waals surface area contributed by atoms with Crippen molar-refractivity contribution < 1.29 is 27.3 Å². The molecule has 0 saturated carbocycles. The second kappa shape index (κ2) is 15.9. The second-order valence-corrected chi connectivity index (χ2v) is 12.2. The van der Waals surface area contributed by atoms with E-state index in [2.05, 4.69) is 51.8 Å². The summed E-state index contributed by atoms with van der Waals surface area (Å²) in [5.74, 6) is 0.392. The van der Waals surface area contributed by atoms with E-state index < -0.39 is 0 Å². The van der Waals surface area contributed by atoms with E-state index in [1.165, 1.54) is 22.7 Å². The number of aromatic hydroxyl groups is 2. The molecular weight excluding hydrogens is 760 g/mol. The van der Waals surface area contributed by atoms with Crippen LogP contribution in [0.4, 0.5) is 10.3 Å². The second-order valence-electron chi connectivity index (χ2n) is 8.69. The average molecular weight is 782 g/mol. The number of aromatic nitrogens is 2. The van der Waals surface area contributed by atoms with Gasteiger partial charge in [0.1, 0.15) is 11.5 Å². The molecule has 0 aliphatic heterocycles. The number of phenolic OH excluding ortho intramolecular Hbond substituents is 2. The van der Waals surface area contributed by atoms with Crippen molar-refractivity contribution in [1.82, 2.24) is 9.97 Å². The minimum absolute atomic E-state index is 0. The van der Waals surface area contributed by atoms with Crippen molar-refractivity contribution >= 4 is 77.2 Å². The van der Waals surface area contributed by atoms with Gasteiger partial charge in [-0.2, -0.15) is 0 Å². The topological polar surface area (TPSA) is 91.0 Å². The molecular formula is C32H22Br2CuN4O2S2. The van der Waals surface area contributed by atoms with Gasteiger partial charge in [0.25, 0.3) is 0 Å². The Bertz CT molecular complexity index is 1710. The Morgan fingerprint density at radius 1 is 0.581 bits per heavy atom. The summed E-state index contributed by atoms with van der Waals surface area (Å²) in [5.41, 5.74) is 5.26. The fraction of sp³-hybridized carbons (Fsp3) is 0. The first-order valence-electron chi connectivity index (χ1n) is 12.5. The van der Waals surface area contributed by atoms with Crippen molar-refractivity contribution in [3.05, 3.63) is 128 Å². The van der Waals surface area contributed by atoms with Gasteiger partial charge in [-0.1, -0.05) is 92.5 Å². The first kappa shape index (κ1) is 32.5. The molecule has 0 spiro atoms. The molecule has 11 heteroatoms. The third-order valence-corrected chi connectivity index (χ3v) is 8.21. The molecule has 0 atom stereocenters. The third-order valence-electron chi connectivity index (χ3n) is 5.73. The number of halogens is 2. The van der Waals surface area contributed by atoms with Crippen LogP contribution in [0.15, 0.2) is 127 Å². The molecule has 43 heavy (non-hydrogen) atoms. The zero-order valence-electron chi connectivity index (χ0n) is 22.1. The maximum absolute atomic E-state index is 9.77. The van der Waals surface area contributed by atoms with Crippen LogP contribution in [0.5, 0.6) is 11.5 Å². The van der Waals surface area contributed by atoms with Crippen molar-refractivity contribution in [2.45, 2.75) is 0 Å². The first-order valence-corrected chi connectivity index (χ1v) is 15.9. The van der Waals surface area contributed by atoms with Gasteiger partial charge >= 0.3 is 0 Å². The monoisotopic (exact) mass is 779 g/mol. The smallest absolute Gasteiger partial charge is 0.209 e. The molecule has 6 rings (SSSR count). The Labute approximate surface area is 284 Å². The Hall–Kier alpha value is -3.44. The van der Waals surface area contributed by atoms with Crippen molar-refractivity contribution in [2.24, 2.45) is 9.98 Å². The van der Waals surface area contributed by atoms with Crippen LogP contribution in [0.3, 0.4) is 0 Å². The van der Waals surface area contributed by atoms with Gasteiger partial charge in [0.05, 0.1) is 11.4 Å². The van der Waals surface area contributed by atoms with Gasteiger partial charge < -0.3 is 10.2 Å². The van der Waals surface area contributed by atoms with E-state index in [-0.39, 0.29) is 28.6 Å². The maximum Gasteiger partial charge on any atom is 0.209 e. The number of thiazole rings is 2. The summed E-state index contributed by atoms with van der Waals surface area (Å²) in [6.07, 6.45) is 3.24. The SMILES string of the molecule is Oc1ccc(Br)cc1/C=N/c1nc(-c2ccccc2)cs1.Oc1ccc(Br)cc1/C=N/c1nc(-c2ccccc2)cs1.[Cu]. The molecule has 2 N–H and O–H groups in total. The van der Waals surface area contributed by atoms with E-state index in [9.17, 15) is 10.2 Å². The molecule has 0 bridgehead atoms. The molecule has 6 nitrogen and oxygen atoms in total. The number of phenols is 2. The molecule has 4 aromatic carbocycles. The minimum atomic E-state index is 0. The summed E-state index contributed by atoms with van der Waals surface area (Å²) in [5, 5.41) is 24.8. The number of aliphatic imine (C=N–C) groups is 2. The summed E-state index contributed by atoms with van der Waals surface area (Å²) in [4.78, 5) is 17.6. The van der Waals surface area contributed by atoms with E-state index in [1.54, 1.807) is 36.7 Å². The predicted octanol–water partition coefficient (Wildman–Crippen LogP) is 10.1. The molecule has 0 aliphatic rings. The molecule has 0 aliphatic carbocycles. The van der Waals surface area contributed by atoms with Gasteiger partial charge in [0, 0.05) is 71.5 Å². The van der Waals surface area contributed by atoms with Crippen LogP contribution in [0.1, 0.15) is 11.1 Å². The summed E-state index contributed by atoms with van der Waals surface area (Å²) in [6.45, 7) is 0. The zero-order valence-corrected chi connectivity index (χ0v) is 27.9.